The molecular weight excluding hydrogens is 195 g/mol. The van der Waals surface area contributed by atoms with Crippen LogP contribution in [-0.2, 0) is 0 Å². The molecule has 0 aliphatic heterocycles. The van der Waals surface area contributed by atoms with Crippen LogP contribution >= 0.6 is 0 Å². The molecule has 0 saturated carbocycles. The summed E-state index contributed by atoms with van der Waals surface area (Å²) in [6, 6.07) is 6.11. The van der Waals surface area contributed by atoms with Crippen molar-refractivity contribution in [2.75, 3.05) is 0 Å². The molecule has 1 heterocycles. The fourth-order valence-electron chi connectivity index (χ4n) is 1.53. The maximum absolute atomic E-state index is 13.3. The van der Waals surface area contributed by atoms with E-state index >= 15 is 0 Å². The first kappa shape index (κ1) is 9.58. The molecule has 2 rings (SSSR count). The highest BCUT2D eigenvalue weighted by Gasteiger charge is 2.13. The van der Waals surface area contributed by atoms with Crippen LogP contribution in [0.25, 0.3) is 10.9 Å². The van der Waals surface area contributed by atoms with E-state index in [1.807, 2.05) is 6.92 Å². The number of nitrogens with zero attached hydrogens (tertiary/aromatic N) is 1. The summed E-state index contributed by atoms with van der Waals surface area (Å²) >= 11 is 0. The zero-order valence-electron chi connectivity index (χ0n) is 8.12. The van der Waals surface area contributed by atoms with E-state index in [0.29, 0.717) is 10.9 Å². The van der Waals surface area contributed by atoms with Gasteiger partial charge in [-0.1, -0.05) is 6.07 Å². The first-order valence-corrected chi connectivity index (χ1v) is 4.45. The van der Waals surface area contributed by atoms with E-state index in [2.05, 4.69) is 4.98 Å². The molecule has 1 amide bonds. The van der Waals surface area contributed by atoms with Crippen molar-refractivity contribution in [3.63, 3.8) is 0 Å². The number of primary amides is 1. The van der Waals surface area contributed by atoms with Crippen molar-refractivity contribution in [2.45, 2.75) is 6.92 Å². The molecule has 1 aromatic carbocycles. The molecule has 15 heavy (non-hydrogen) atoms. The van der Waals surface area contributed by atoms with E-state index in [0.717, 1.165) is 5.69 Å². The summed E-state index contributed by atoms with van der Waals surface area (Å²) < 4.78 is 13.3. The van der Waals surface area contributed by atoms with Crippen LogP contribution < -0.4 is 5.73 Å². The number of hydrogen-bond acceptors (Lipinski definition) is 2. The SMILES string of the molecule is Cc1ccc2c(C(N)=O)c(F)ccc2n1. The van der Waals surface area contributed by atoms with E-state index in [9.17, 15) is 9.18 Å². The summed E-state index contributed by atoms with van der Waals surface area (Å²) in [5, 5.41) is 0.452. The lowest BCUT2D eigenvalue weighted by molar-refractivity contribution is 0.0998. The van der Waals surface area contributed by atoms with Crippen LogP contribution in [0.4, 0.5) is 4.39 Å². The van der Waals surface area contributed by atoms with E-state index in [4.69, 9.17) is 5.73 Å². The second-order valence-corrected chi connectivity index (χ2v) is 3.31. The summed E-state index contributed by atoms with van der Waals surface area (Å²) in [7, 11) is 0. The standard InChI is InChI=1S/C11H9FN2O/c1-6-2-3-7-9(14-6)5-4-8(12)10(7)11(13)15/h2-5H,1H3,(H2,13,15). The van der Waals surface area contributed by atoms with Gasteiger partial charge in [-0.2, -0.15) is 0 Å². The van der Waals surface area contributed by atoms with E-state index in [1.165, 1.54) is 12.1 Å². The Morgan fingerprint density at radius 2 is 2.07 bits per heavy atom. The molecule has 2 aromatic rings. The van der Waals surface area contributed by atoms with Gasteiger partial charge in [-0.05, 0) is 25.1 Å². The van der Waals surface area contributed by atoms with Crippen molar-refractivity contribution in [3.8, 4) is 0 Å². The molecule has 0 bridgehead atoms. The Morgan fingerprint density at radius 3 is 2.73 bits per heavy atom. The molecular formula is C11H9FN2O. The molecule has 2 N–H and O–H groups in total. The minimum absolute atomic E-state index is 0.0972. The van der Waals surface area contributed by atoms with E-state index < -0.39 is 11.7 Å². The lowest BCUT2D eigenvalue weighted by Crippen LogP contribution is -2.14. The first-order chi connectivity index (χ1) is 7.09. The van der Waals surface area contributed by atoms with Crippen molar-refractivity contribution in [1.82, 2.24) is 4.98 Å². The number of aryl methyl sites for hydroxylation is 1. The lowest BCUT2D eigenvalue weighted by atomic mass is 10.1. The topological polar surface area (TPSA) is 56.0 Å². The summed E-state index contributed by atoms with van der Waals surface area (Å²) in [6.07, 6.45) is 0. The fraction of sp³-hybridized carbons (Fsp3) is 0.0909. The molecule has 0 spiro atoms. The fourth-order valence-corrected chi connectivity index (χ4v) is 1.53. The van der Waals surface area contributed by atoms with Gasteiger partial charge in [0.05, 0.1) is 11.1 Å². The van der Waals surface area contributed by atoms with Crippen molar-refractivity contribution in [3.05, 3.63) is 41.3 Å². The molecule has 4 heteroatoms. The van der Waals surface area contributed by atoms with Crippen LogP contribution in [0.15, 0.2) is 24.3 Å². The Hall–Kier alpha value is -1.97. The highest BCUT2D eigenvalue weighted by atomic mass is 19.1. The van der Waals surface area contributed by atoms with Crippen LogP contribution in [0.2, 0.25) is 0 Å². The van der Waals surface area contributed by atoms with Gasteiger partial charge in [0.2, 0.25) is 0 Å². The zero-order valence-corrected chi connectivity index (χ0v) is 8.12. The first-order valence-electron chi connectivity index (χ1n) is 4.45. The second kappa shape index (κ2) is 3.31. The number of amides is 1. The molecule has 76 valence electrons. The number of fused-ring (bicyclic) bond motifs is 1. The van der Waals surface area contributed by atoms with Crippen molar-refractivity contribution in [1.29, 1.82) is 0 Å². The predicted octanol–water partition coefficient (Wildman–Crippen LogP) is 1.78. The third kappa shape index (κ3) is 1.54. The van der Waals surface area contributed by atoms with Gasteiger partial charge >= 0.3 is 0 Å². The second-order valence-electron chi connectivity index (χ2n) is 3.31. The van der Waals surface area contributed by atoms with Crippen LogP contribution in [0, 0.1) is 12.7 Å². The maximum Gasteiger partial charge on any atom is 0.252 e. The van der Waals surface area contributed by atoms with Crippen molar-refractivity contribution < 1.29 is 9.18 Å². The molecule has 3 nitrogen and oxygen atoms in total. The van der Waals surface area contributed by atoms with Gasteiger partial charge in [-0.15, -0.1) is 0 Å². The highest BCUT2D eigenvalue weighted by Crippen LogP contribution is 2.20. The van der Waals surface area contributed by atoms with Gasteiger partial charge < -0.3 is 5.73 Å². The Bertz CT molecular complexity index is 552. The van der Waals surface area contributed by atoms with Crippen LogP contribution in [-0.4, -0.2) is 10.9 Å². The molecule has 0 unspecified atom stereocenters. The summed E-state index contributed by atoms with van der Waals surface area (Å²) in [5.41, 5.74) is 6.40. The number of hydrogen-bond donors (Lipinski definition) is 1. The molecule has 0 radical (unpaired) electrons. The Labute approximate surface area is 85.7 Å². The number of rotatable bonds is 1. The Morgan fingerprint density at radius 1 is 1.33 bits per heavy atom. The molecule has 1 aromatic heterocycles. The normalized spacial score (nSPS) is 10.5. The Kier molecular flexibility index (Phi) is 2.11. The van der Waals surface area contributed by atoms with Crippen LogP contribution in [0.3, 0.4) is 0 Å². The molecule has 0 saturated heterocycles. The number of pyridine rings is 1. The van der Waals surface area contributed by atoms with Gasteiger partial charge in [0.25, 0.3) is 5.91 Å². The largest absolute Gasteiger partial charge is 0.365 e. The lowest BCUT2D eigenvalue weighted by Gasteiger charge is -2.04. The van der Waals surface area contributed by atoms with Crippen LogP contribution in [0.1, 0.15) is 16.1 Å². The number of nitrogens with two attached hydrogens (primary N) is 1. The Balaban J connectivity index is 2.88. The average Bonchev–Trinajstić information content (AvgIpc) is 2.17. The number of benzene rings is 1. The quantitative estimate of drug-likeness (QED) is 0.769. The predicted molar refractivity (Wildman–Crippen MR) is 55.0 cm³/mol. The van der Waals surface area contributed by atoms with Gasteiger partial charge in [0, 0.05) is 11.1 Å². The monoisotopic (exact) mass is 204 g/mol. The third-order valence-electron chi connectivity index (χ3n) is 2.21. The van der Waals surface area contributed by atoms with Gasteiger partial charge in [-0.3, -0.25) is 9.78 Å². The van der Waals surface area contributed by atoms with Crippen LogP contribution in [0.5, 0.6) is 0 Å². The number of carbonyl (C=O) groups is 1. The molecule has 0 aliphatic rings. The highest BCUT2D eigenvalue weighted by molar-refractivity contribution is 6.05. The van der Waals surface area contributed by atoms with E-state index in [-0.39, 0.29) is 5.56 Å². The summed E-state index contributed by atoms with van der Waals surface area (Å²) in [5.74, 6) is -1.38. The number of aromatic nitrogens is 1. The minimum atomic E-state index is -0.774. The number of carbonyl (C=O) groups excluding carboxylic acids is 1. The number of halogens is 1. The van der Waals surface area contributed by atoms with Crippen molar-refractivity contribution in [2.24, 2.45) is 5.73 Å². The van der Waals surface area contributed by atoms with Crippen molar-refractivity contribution >= 4 is 16.8 Å². The van der Waals surface area contributed by atoms with E-state index in [1.54, 1.807) is 12.1 Å². The zero-order chi connectivity index (χ0) is 11.0. The minimum Gasteiger partial charge on any atom is -0.365 e. The molecule has 0 aliphatic carbocycles. The smallest absolute Gasteiger partial charge is 0.252 e. The van der Waals surface area contributed by atoms with Gasteiger partial charge in [0.1, 0.15) is 5.82 Å². The molecule has 0 atom stereocenters. The summed E-state index contributed by atoms with van der Waals surface area (Å²) in [6.45, 7) is 1.83. The maximum atomic E-state index is 13.3. The van der Waals surface area contributed by atoms with Gasteiger partial charge in [0.15, 0.2) is 0 Å². The third-order valence-corrected chi connectivity index (χ3v) is 2.21. The average molecular weight is 204 g/mol. The molecule has 0 fully saturated rings. The summed E-state index contributed by atoms with van der Waals surface area (Å²) in [4.78, 5) is 15.3. The van der Waals surface area contributed by atoms with Gasteiger partial charge in [-0.25, -0.2) is 4.39 Å².